The summed E-state index contributed by atoms with van der Waals surface area (Å²) in [5.41, 5.74) is 3.69. The lowest BCUT2D eigenvalue weighted by atomic mass is 9.99. The molecule has 3 aromatic rings. The van der Waals surface area contributed by atoms with E-state index in [-0.39, 0.29) is 28.0 Å². The molecular weight excluding hydrogens is 376 g/mol. The predicted octanol–water partition coefficient (Wildman–Crippen LogP) is 3.62. The molecule has 0 spiro atoms. The summed E-state index contributed by atoms with van der Waals surface area (Å²) >= 11 is 0. The van der Waals surface area contributed by atoms with Crippen molar-refractivity contribution >= 4 is 22.8 Å². The van der Waals surface area contributed by atoms with Gasteiger partial charge in [0.25, 0.3) is 0 Å². The van der Waals surface area contributed by atoms with E-state index in [1.54, 1.807) is 48.5 Å². The summed E-state index contributed by atoms with van der Waals surface area (Å²) in [6.07, 6.45) is -1.06. The quantitative estimate of drug-likeness (QED) is 0.352. The highest BCUT2D eigenvalue weighted by Gasteiger charge is 2.18. The summed E-state index contributed by atoms with van der Waals surface area (Å²) in [6.45, 7) is 0. The van der Waals surface area contributed by atoms with Crippen molar-refractivity contribution in [3.05, 3.63) is 100 Å². The molecule has 0 heterocycles. The summed E-state index contributed by atoms with van der Waals surface area (Å²) < 4.78 is 0. The third kappa shape index (κ3) is 4.88. The van der Waals surface area contributed by atoms with E-state index in [1.807, 2.05) is 12.1 Å². The van der Waals surface area contributed by atoms with Crippen LogP contribution in [0.3, 0.4) is 0 Å². The zero-order valence-corrected chi connectivity index (χ0v) is 15.1. The number of aliphatic hydroxyl groups is 1. The molecule has 0 radical (unpaired) electrons. The first-order valence-corrected chi connectivity index (χ1v) is 8.55. The number of benzene rings is 3. The van der Waals surface area contributed by atoms with Crippen LogP contribution in [0.4, 0.5) is 17.1 Å². The van der Waals surface area contributed by atoms with E-state index in [4.69, 9.17) is 0 Å². The Morgan fingerprint density at radius 3 is 2.10 bits per heavy atom. The number of anilines is 3. The van der Waals surface area contributed by atoms with E-state index < -0.39 is 11.3 Å². The van der Waals surface area contributed by atoms with Crippen molar-refractivity contribution in [1.82, 2.24) is 0 Å². The van der Waals surface area contributed by atoms with Gasteiger partial charge in [-0.1, -0.05) is 60.7 Å². The number of hydrogen-bond acceptors (Lipinski definition) is 9. The van der Waals surface area contributed by atoms with Gasteiger partial charge in [0.2, 0.25) is 0 Å². The van der Waals surface area contributed by atoms with Gasteiger partial charge in [0.05, 0.1) is 5.69 Å². The Morgan fingerprint density at radius 2 is 1.52 bits per heavy atom. The van der Waals surface area contributed by atoms with Gasteiger partial charge in [-0.3, -0.25) is 15.8 Å². The molecule has 150 valence electrons. The van der Waals surface area contributed by atoms with E-state index in [0.29, 0.717) is 11.1 Å². The van der Waals surface area contributed by atoms with Gasteiger partial charge in [0.15, 0.2) is 0 Å². The van der Waals surface area contributed by atoms with Crippen molar-refractivity contribution in [2.75, 3.05) is 15.9 Å². The maximum Gasteiger partial charge on any atom is 0.123 e. The van der Waals surface area contributed by atoms with Crippen molar-refractivity contribution in [2.45, 2.75) is 6.10 Å². The van der Waals surface area contributed by atoms with Crippen molar-refractivity contribution in [2.24, 2.45) is 5.10 Å². The highest BCUT2D eigenvalue weighted by molar-refractivity contribution is 6.04. The maximum absolute atomic E-state index is 10.9. The van der Waals surface area contributed by atoms with E-state index in [2.05, 4.69) is 10.5 Å². The van der Waals surface area contributed by atoms with Crippen LogP contribution in [0.15, 0.2) is 84.0 Å². The molecule has 0 bridgehead atoms. The second kappa shape index (κ2) is 9.15. The summed E-state index contributed by atoms with van der Waals surface area (Å²) in [4.78, 5) is 0. The zero-order valence-electron chi connectivity index (χ0n) is 15.1. The van der Waals surface area contributed by atoms with Gasteiger partial charge in [0.1, 0.15) is 17.5 Å². The van der Waals surface area contributed by atoms with Crippen LogP contribution in [0, 0.1) is 10.4 Å². The molecule has 3 rings (SSSR count). The largest absolute Gasteiger partial charge is 0.769 e. The molecule has 4 N–H and O–H groups in total. The van der Waals surface area contributed by atoms with Crippen molar-refractivity contribution < 1.29 is 15.5 Å². The number of nitrogens with one attached hydrogen (secondary N) is 1. The molecule has 0 fully saturated rings. The Morgan fingerprint density at radius 1 is 0.897 bits per heavy atom. The van der Waals surface area contributed by atoms with Crippen LogP contribution in [0.5, 0.6) is 0 Å². The fourth-order valence-electron chi connectivity index (χ4n) is 2.70. The normalized spacial score (nSPS) is 12.4. The molecule has 0 saturated heterocycles. The fraction of sp³-hybridized carbons (Fsp3) is 0.0500. The number of rotatable bonds is 7. The summed E-state index contributed by atoms with van der Waals surface area (Å²) in [7, 11) is 0. The third-order valence-electron chi connectivity index (χ3n) is 4.15. The predicted molar refractivity (Wildman–Crippen MR) is 110 cm³/mol. The third-order valence-corrected chi connectivity index (χ3v) is 4.15. The van der Waals surface area contributed by atoms with Crippen molar-refractivity contribution in [3.8, 4) is 0 Å². The Balaban J connectivity index is 1.99. The Kier molecular flexibility index (Phi) is 6.39. The van der Waals surface area contributed by atoms with Gasteiger partial charge < -0.3 is 20.7 Å². The average Bonchev–Trinajstić information content (AvgIpc) is 2.75. The second-order valence-corrected chi connectivity index (χ2v) is 6.04. The minimum atomic E-state index is -1.06. The summed E-state index contributed by atoms with van der Waals surface area (Å²) in [5.74, 6) is 0. The smallest absolute Gasteiger partial charge is 0.123 e. The van der Waals surface area contributed by atoms with Crippen LogP contribution in [0.2, 0.25) is 0 Å². The minimum Gasteiger partial charge on any atom is -0.769 e. The Hall–Kier alpha value is -3.47. The van der Waals surface area contributed by atoms with E-state index in [1.165, 1.54) is 12.1 Å². The van der Waals surface area contributed by atoms with E-state index >= 15 is 0 Å². The fourth-order valence-corrected chi connectivity index (χ4v) is 2.70. The molecule has 0 saturated carbocycles. The molecule has 9 nitrogen and oxygen atoms in total. The highest BCUT2D eigenvalue weighted by Crippen LogP contribution is 2.30. The first-order valence-electron chi connectivity index (χ1n) is 8.55. The molecule has 0 aliphatic heterocycles. The molecular formula is C20H18N4O5-2. The van der Waals surface area contributed by atoms with Gasteiger partial charge in [-0.05, 0) is 23.8 Å². The van der Waals surface area contributed by atoms with Crippen molar-refractivity contribution in [3.63, 3.8) is 0 Å². The molecule has 9 heteroatoms. The minimum absolute atomic E-state index is 0.0919. The lowest BCUT2D eigenvalue weighted by Gasteiger charge is -2.37. The van der Waals surface area contributed by atoms with Gasteiger partial charge in [-0.15, -0.1) is 5.23 Å². The van der Waals surface area contributed by atoms with Gasteiger partial charge in [-0.25, -0.2) is 0 Å². The topological polar surface area (TPSA) is 138 Å². The van der Waals surface area contributed by atoms with Crippen LogP contribution in [0.25, 0.3) is 0 Å². The Bertz CT molecular complexity index is 965. The summed E-state index contributed by atoms with van der Waals surface area (Å²) in [6, 6.07) is 21.3. The van der Waals surface area contributed by atoms with Gasteiger partial charge in [0, 0.05) is 11.3 Å². The second-order valence-electron chi connectivity index (χ2n) is 6.04. The number of hydrogen-bond donors (Lipinski definition) is 4. The number of nitrogens with zero attached hydrogens (tertiary/aromatic N) is 3. The van der Waals surface area contributed by atoms with Crippen LogP contribution < -0.4 is 15.9 Å². The van der Waals surface area contributed by atoms with Gasteiger partial charge >= 0.3 is 0 Å². The SMILES string of the molecule is [O-]N([O-])c1ccc(NN=C(c2ccccc2)C(O)c2ccccc2)c(N(O)O)c1. The molecule has 1 atom stereocenters. The Labute approximate surface area is 166 Å². The molecule has 0 amide bonds. The van der Waals surface area contributed by atoms with E-state index in [9.17, 15) is 25.9 Å². The molecule has 3 aromatic carbocycles. The van der Waals surface area contributed by atoms with Crippen LogP contribution in [-0.2, 0) is 0 Å². The lowest BCUT2D eigenvalue weighted by molar-refractivity contribution is 0.0295. The molecule has 0 aliphatic carbocycles. The number of hydrazone groups is 1. The summed E-state index contributed by atoms with van der Waals surface area (Å²) in [5, 5.41) is 54.9. The van der Waals surface area contributed by atoms with E-state index in [0.717, 1.165) is 6.07 Å². The lowest BCUT2D eigenvalue weighted by Crippen LogP contribution is -2.17. The van der Waals surface area contributed by atoms with Crippen LogP contribution in [-0.4, -0.2) is 21.2 Å². The molecule has 29 heavy (non-hydrogen) atoms. The first-order chi connectivity index (χ1) is 14.0. The van der Waals surface area contributed by atoms with Crippen molar-refractivity contribution in [1.29, 1.82) is 0 Å². The first kappa shape index (κ1) is 20.3. The standard InChI is InChI=1S/C20H18N4O5/c25-20(15-9-5-2-6-10-15)19(14-7-3-1-4-8-14)22-21-17-12-11-16(23(26)27)13-18(17)24(28)29/h1-13,20-21,25,28-29H/q-2. The highest BCUT2D eigenvalue weighted by atomic mass is 16.8. The molecule has 1 unspecified atom stereocenters. The maximum atomic E-state index is 10.9. The van der Waals surface area contributed by atoms with Crippen LogP contribution in [0.1, 0.15) is 17.2 Å². The average molecular weight is 394 g/mol. The molecule has 0 aromatic heterocycles. The molecule has 0 aliphatic rings. The number of aliphatic hydroxyl groups excluding tert-OH is 1. The van der Waals surface area contributed by atoms with Crippen LogP contribution >= 0.6 is 0 Å². The zero-order chi connectivity index (χ0) is 20.8. The monoisotopic (exact) mass is 394 g/mol. The van der Waals surface area contributed by atoms with Gasteiger partial charge in [-0.2, -0.15) is 5.10 Å².